The number of benzene rings is 1. The molecule has 0 unspecified atom stereocenters. The standard InChI is InChI=1S/C39H54ClN7O15/c40-26-7-5-25(6-8-26)19-31(52)42-21-29(50)36(56)37-35(43-32(53)23-48)28(49)20-39(62-37,38(57)58)61-15-4-2-1-3-13-46-22-27(44-45-46)24-60-18-17-59-16-12-41-30(51)11-14-47-33(54)9-10-34(47)55/h5-10,22,28-29,35-37,48-50,56H,1-4,11-21,23-24H2,(H,41,51)(H,42,52)(H,43,53)(H,57,58)/t28-,29+,35+,36+,37+,39+/m0/s1. The maximum Gasteiger partial charge on any atom is 0.364 e. The summed E-state index contributed by atoms with van der Waals surface area (Å²) in [5, 5.41) is 68.5. The quantitative estimate of drug-likeness (QED) is 0.0337. The molecule has 6 atom stereocenters. The molecule has 5 amide bonds. The van der Waals surface area contributed by atoms with Gasteiger partial charge in [0.1, 0.15) is 24.5 Å². The number of carbonyl (C=O) groups is 6. The molecule has 2 aliphatic rings. The molecule has 22 nitrogen and oxygen atoms in total. The highest BCUT2D eigenvalue weighted by molar-refractivity contribution is 6.30. The van der Waals surface area contributed by atoms with Crippen LogP contribution in [0.4, 0.5) is 0 Å². The van der Waals surface area contributed by atoms with Crippen molar-refractivity contribution in [2.45, 2.75) is 94.3 Å². The van der Waals surface area contributed by atoms with Gasteiger partial charge in [-0.3, -0.25) is 33.6 Å². The van der Waals surface area contributed by atoms with Gasteiger partial charge in [-0.25, -0.2) is 4.79 Å². The monoisotopic (exact) mass is 895 g/mol. The van der Waals surface area contributed by atoms with Crippen molar-refractivity contribution in [1.82, 2.24) is 35.8 Å². The third-order valence-corrected chi connectivity index (χ3v) is 10.00. The number of rotatable bonds is 28. The number of aliphatic hydroxyl groups excluding tert-OH is 4. The first-order chi connectivity index (χ1) is 29.7. The number of ether oxygens (including phenoxy) is 4. The van der Waals surface area contributed by atoms with Crippen LogP contribution >= 0.6 is 11.6 Å². The largest absolute Gasteiger partial charge is 0.477 e. The summed E-state index contributed by atoms with van der Waals surface area (Å²) in [5.74, 6) is -6.72. The van der Waals surface area contributed by atoms with E-state index in [4.69, 9.17) is 30.5 Å². The van der Waals surface area contributed by atoms with Crippen molar-refractivity contribution in [2.24, 2.45) is 0 Å². The summed E-state index contributed by atoms with van der Waals surface area (Å²) in [7, 11) is 0. The molecule has 1 aromatic heterocycles. The van der Waals surface area contributed by atoms with E-state index in [0.29, 0.717) is 48.5 Å². The molecule has 4 rings (SSSR count). The van der Waals surface area contributed by atoms with Gasteiger partial charge in [0.25, 0.3) is 17.6 Å². The molecule has 23 heteroatoms. The predicted molar refractivity (Wildman–Crippen MR) is 213 cm³/mol. The SMILES string of the molecule is O=C(CCN1C(=O)C=CC1=O)NCCOCCOCc1cn(CCCCCCO[C@]2(C(=O)O)C[C@H](O)[C@@H](NC(=O)CO)[C@H]([C@H](O)[C@H](O)CNC(=O)Cc3ccc(Cl)cc3)O2)nn1. The van der Waals surface area contributed by atoms with Gasteiger partial charge < -0.3 is 60.4 Å². The van der Waals surface area contributed by atoms with Gasteiger partial charge in [-0.05, 0) is 30.5 Å². The lowest BCUT2D eigenvalue weighted by atomic mass is 9.88. The molecule has 0 bridgehead atoms. The first kappa shape index (κ1) is 49.7. The fraction of sp³-hybridized carbons (Fsp3) is 0.590. The van der Waals surface area contributed by atoms with Crippen LogP contribution in [0.5, 0.6) is 0 Å². The molecule has 0 spiro atoms. The highest BCUT2D eigenvalue weighted by Crippen LogP contribution is 2.34. The van der Waals surface area contributed by atoms with Gasteiger partial charge in [-0.1, -0.05) is 41.8 Å². The topological polar surface area (TPSA) is 311 Å². The Labute approximate surface area is 361 Å². The molecule has 2 aliphatic heterocycles. The number of aromatic nitrogens is 3. The molecule has 8 N–H and O–H groups in total. The Morgan fingerprint density at radius 2 is 1.63 bits per heavy atom. The minimum absolute atomic E-state index is 0.00350. The molecule has 62 heavy (non-hydrogen) atoms. The van der Waals surface area contributed by atoms with Crippen molar-refractivity contribution in [1.29, 1.82) is 0 Å². The van der Waals surface area contributed by atoms with E-state index in [1.165, 1.54) is 0 Å². The summed E-state index contributed by atoms with van der Waals surface area (Å²) in [4.78, 5) is 73.1. The number of aliphatic hydroxyl groups is 4. The number of aryl methyl sites for hydroxylation is 1. The zero-order valence-electron chi connectivity index (χ0n) is 33.9. The van der Waals surface area contributed by atoms with Crippen LogP contribution in [0.15, 0.2) is 42.6 Å². The van der Waals surface area contributed by atoms with Crippen LogP contribution in [0.1, 0.15) is 49.8 Å². The molecular weight excluding hydrogens is 842 g/mol. The van der Waals surface area contributed by atoms with E-state index in [0.717, 1.165) is 17.1 Å². The third kappa shape index (κ3) is 15.8. The Kier molecular flexibility index (Phi) is 20.3. The van der Waals surface area contributed by atoms with Crippen molar-refractivity contribution >= 4 is 47.1 Å². The number of carboxylic acids is 1. The Morgan fingerprint density at radius 3 is 2.34 bits per heavy atom. The van der Waals surface area contributed by atoms with Crippen LogP contribution in [0.3, 0.4) is 0 Å². The number of carbonyl (C=O) groups excluding carboxylic acids is 5. The average molecular weight is 896 g/mol. The highest BCUT2D eigenvalue weighted by Gasteiger charge is 2.55. The van der Waals surface area contributed by atoms with Crippen LogP contribution in [0.25, 0.3) is 0 Å². The smallest absolute Gasteiger partial charge is 0.364 e. The number of halogens is 1. The summed E-state index contributed by atoms with van der Waals surface area (Å²) in [6, 6.07) is 5.04. The number of nitrogens with zero attached hydrogens (tertiary/aromatic N) is 4. The van der Waals surface area contributed by atoms with Gasteiger partial charge in [-0.2, -0.15) is 0 Å². The summed E-state index contributed by atoms with van der Waals surface area (Å²) >= 11 is 5.88. The molecule has 1 aromatic carbocycles. The molecular formula is C39H54ClN7O15. The average Bonchev–Trinajstić information content (AvgIpc) is 3.84. The lowest BCUT2D eigenvalue weighted by Gasteiger charge is -2.46. The zero-order valence-corrected chi connectivity index (χ0v) is 34.7. The van der Waals surface area contributed by atoms with Crippen molar-refractivity contribution in [3.8, 4) is 0 Å². The number of imide groups is 1. The number of hydrogen-bond donors (Lipinski definition) is 8. The van der Waals surface area contributed by atoms with Crippen LogP contribution in [0, 0.1) is 0 Å². The van der Waals surface area contributed by atoms with Gasteiger partial charge in [0.15, 0.2) is 0 Å². The first-order valence-electron chi connectivity index (χ1n) is 20.1. The minimum Gasteiger partial charge on any atom is -0.477 e. The molecule has 1 fully saturated rings. The van der Waals surface area contributed by atoms with Crippen LogP contribution < -0.4 is 16.0 Å². The summed E-state index contributed by atoms with van der Waals surface area (Å²) < 4.78 is 24.1. The lowest BCUT2D eigenvalue weighted by molar-refractivity contribution is -0.310. The number of hydrogen-bond acceptors (Lipinski definition) is 16. The van der Waals surface area contributed by atoms with E-state index in [1.54, 1.807) is 35.1 Å². The highest BCUT2D eigenvalue weighted by atomic mass is 35.5. The Balaban J connectivity index is 1.12. The molecule has 1 saturated heterocycles. The van der Waals surface area contributed by atoms with E-state index in [9.17, 15) is 54.3 Å². The van der Waals surface area contributed by atoms with Gasteiger partial charge in [0.2, 0.25) is 17.7 Å². The second-order valence-corrected chi connectivity index (χ2v) is 14.9. The number of aliphatic carboxylic acids is 1. The van der Waals surface area contributed by atoms with Crippen LogP contribution in [-0.2, 0) is 67.3 Å². The summed E-state index contributed by atoms with van der Waals surface area (Å²) in [6.45, 7) is 0.220. The van der Waals surface area contributed by atoms with E-state index < -0.39 is 85.4 Å². The van der Waals surface area contributed by atoms with E-state index in [1.807, 2.05) is 0 Å². The first-order valence-corrected chi connectivity index (χ1v) is 20.4. The maximum absolute atomic E-state index is 12.5. The molecule has 3 heterocycles. The predicted octanol–water partition coefficient (Wildman–Crippen LogP) is -2.04. The number of nitrogens with one attached hydrogen (secondary N) is 3. The molecule has 0 aliphatic carbocycles. The number of carboxylic acid groups (broad SMARTS) is 1. The third-order valence-electron chi connectivity index (χ3n) is 9.74. The number of amides is 5. The molecule has 0 saturated carbocycles. The Bertz CT molecular complexity index is 1820. The van der Waals surface area contributed by atoms with Crippen molar-refractivity contribution in [2.75, 3.05) is 52.7 Å². The summed E-state index contributed by atoms with van der Waals surface area (Å²) in [5.41, 5.74) is 1.24. The van der Waals surface area contributed by atoms with E-state index >= 15 is 0 Å². The Morgan fingerprint density at radius 1 is 0.919 bits per heavy atom. The van der Waals surface area contributed by atoms with Gasteiger partial charge >= 0.3 is 5.97 Å². The normalized spacial score (nSPS) is 20.9. The zero-order chi connectivity index (χ0) is 45.1. The fourth-order valence-electron chi connectivity index (χ4n) is 6.45. The van der Waals surface area contributed by atoms with Crippen molar-refractivity contribution < 1.29 is 73.2 Å². The van der Waals surface area contributed by atoms with E-state index in [2.05, 4.69) is 26.3 Å². The second-order valence-electron chi connectivity index (χ2n) is 14.5. The minimum atomic E-state index is -2.47. The molecule has 342 valence electrons. The van der Waals surface area contributed by atoms with E-state index in [-0.39, 0.29) is 64.9 Å². The maximum atomic E-state index is 12.5. The molecule has 2 aromatic rings. The van der Waals surface area contributed by atoms with Gasteiger partial charge in [0.05, 0.1) is 63.9 Å². The van der Waals surface area contributed by atoms with Crippen LogP contribution in [-0.4, -0.2) is 170 Å². The second kappa shape index (κ2) is 25.3. The van der Waals surface area contributed by atoms with Gasteiger partial charge in [-0.15, -0.1) is 5.10 Å². The Hall–Kier alpha value is -4.91. The molecule has 0 radical (unpaired) electrons. The van der Waals surface area contributed by atoms with Crippen LogP contribution in [0.2, 0.25) is 5.02 Å². The summed E-state index contributed by atoms with van der Waals surface area (Å²) in [6.07, 6.45) is -1.33. The lowest BCUT2D eigenvalue weighted by Crippen LogP contribution is -2.68. The van der Waals surface area contributed by atoms with Crippen molar-refractivity contribution in [3.63, 3.8) is 0 Å². The number of unbranched alkanes of at least 4 members (excludes halogenated alkanes) is 3. The van der Waals surface area contributed by atoms with Crippen molar-refractivity contribution in [3.05, 3.63) is 58.9 Å². The van der Waals surface area contributed by atoms with Gasteiger partial charge in [0, 0.05) is 56.2 Å². The fourth-order valence-corrected chi connectivity index (χ4v) is 6.57.